The molecule has 5 nitrogen and oxygen atoms in total. The number of hydrogen-bond donors (Lipinski definition) is 1. The number of anilines is 1. The molecule has 3 rings (SSSR count). The van der Waals surface area contributed by atoms with Crippen molar-refractivity contribution in [2.45, 2.75) is 27.2 Å². The van der Waals surface area contributed by atoms with Crippen LogP contribution in [0.15, 0.2) is 28.3 Å². The summed E-state index contributed by atoms with van der Waals surface area (Å²) in [5, 5.41) is 7.81. The highest BCUT2D eigenvalue weighted by Crippen LogP contribution is 2.28. The van der Waals surface area contributed by atoms with Crippen molar-refractivity contribution in [2.75, 3.05) is 18.4 Å². The molecule has 0 radical (unpaired) electrons. The van der Waals surface area contributed by atoms with Gasteiger partial charge in [0.1, 0.15) is 5.76 Å². The SMILES string of the molecule is Cc1onc(NC(=O)N2CCC(=Cc3ccc(Cl)c(Cl)c3)C(C)C2)c1C. The molecule has 2 aromatic rings. The number of nitrogens with one attached hydrogen (secondary N) is 1. The number of rotatable bonds is 2. The second-order valence-corrected chi connectivity index (χ2v) is 7.45. The highest BCUT2D eigenvalue weighted by molar-refractivity contribution is 6.42. The second kappa shape index (κ2) is 7.72. The maximum absolute atomic E-state index is 12.5. The molecule has 1 fully saturated rings. The molecule has 1 aliphatic heterocycles. The van der Waals surface area contributed by atoms with E-state index in [1.807, 2.05) is 26.0 Å². The molecule has 0 spiro atoms. The number of carbonyl (C=O) groups excluding carboxylic acids is 1. The van der Waals surface area contributed by atoms with Gasteiger partial charge in [-0.15, -0.1) is 0 Å². The van der Waals surface area contributed by atoms with Crippen molar-refractivity contribution in [1.29, 1.82) is 0 Å². The largest absolute Gasteiger partial charge is 0.359 e. The van der Waals surface area contributed by atoms with E-state index in [4.69, 9.17) is 27.7 Å². The van der Waals surface area contributed by atoms with Crippen molar-refractivity contribution in [3.63, 3.8) is 0 Å². The topological polar surface area (TPSA) is 58.4 Å². The number of nitrogens with zero attached hydrogens (tertiary/aromatic N) is 2. The Kier molecular flexibility index (Phi) is 5.58. The van der Waals surface area contributed by atoms with Gasteiger partial charge in [-0.2, -0.15) is 0 Å². The molecule has 1 atom stereocenters. The second-order valence-electron chi connectivity index (χ2n) is 6.63. The van der Waals surface area contributed by atoms with Crippen molar-refractivity contribution >= 4 is 41.1 Å². The highest BCUT2D eigenvalue weighted by Gasteiger charge is 2.25. The Bertz CT molecular complexity index is 860. The average molecular weight is 394 g/mol. The van der Waals surface area contributed by atoms with Gasteiger partial charge in [-0.05, 0) is 43.9 Å². The lowest BCUT2D eigenvalue weighted by molar-refractivity contribution is 0.197. The smallest absolute Gasteiger partial charge is 0.323 e. The van der Waals surface area contributed by atoms with Gasteiger partial charge in [0.15, 0.2) is 5.82 Å². The monoisotopic (exact) mass is 393 g/mol. The van der Waals surface area contributed by atoms with E-state index >= 15 is 0 Å². The highest BCUT2D eigenvalue weighted by atomic mass is 35.5. The van der Waals surface area contributed by atoms with Crippen LogP contribution in [0.5, 0.6) is 0 Å². The Hall–Kier alpha value is -1.98. The number of halogens is 2. The molecule has 1 aliphatic rings. The molecule has 1 unspecified atom stereocenters. The molecule has 2 heterocycles. The Morgan fingerprint density at radius 1 is 1.35 bits per heavy atom. The first-order valence-electron chi connectivity index (χ1n) is 8.49. The fourth-order valence-electron chi connectivity index (χ4n) is 2.98. The summed E-state index contributed by atoms with van der Waals surface area (Å²) in [6.45, 7) is 7.11. The van der Waals surface area contributed by atoms with E-state index in [9.17, 15) is 4.79 Å². The molecule has 138 valence electrons. The number of aryl methyl sites for hydroxylation is 1. The Balaban J connectivity index is 1.66. The Morgan fingerprint density at radius 2 is 2.12 bits per heavy atom. The van der Waals surface area contributed by atoms with Gasteiger partial charge >= 0.3 is 6.03 Å². The number of piperidine rings is 1. The van der Waals surface area contributed by atoms with Crippen LogP contribution < -0.4 is 5.32 Å². The summed E-state index contributed by atoms with van der Waals surface area (Å²) < 4.78 is 5.09. The average Bonchev–Trinajstić information content (AvgIpc) is 2.92. The van der Waals surface area contributed by atoms with Crippen LogP contribution >= 0.6 is 23.2 Å². The van der Waals surface area contributed by atoms with Crippen molar-refractivity contribution in [3.8, 4) is 0 Å². The van der Waals surface area contributed by atoms with E-state index in [1.165, 1.54) is 5.57 Å². The number of urea groups is 1. The molecule has 1 aromatic carbocycles. The third kappa shape index (κ3) is 4.05. The predicted molar refractivity (Wildman–Crippen MR) is 105 cm³/mol. The fourth-order valence-corrected chi connectivity index (χ4v) is 3.29. The maximum atomic E-state index is 12.5. The van der Waals surface area contributed by atoms with Gasteiger partial charge in [-0.1, -0.05) is 53.0 Å². The fraction of sp³-hybridized carbons (Fsp3) is 0.368. The summed E-state index contributed by atoms with van der Waals surface area (Å²) >= 11 is 12.1. The van der Waals surface area contributed by atoms with Crippen molar-refractivity contribution in [2.24, 2.45) is 5.92 Å². The summed E-state index contributed by atoms with van der Waals surface area (Å²) in [4.78, 5) is 14.3. The molecule has 7 heteroatoms. The van der Waals surface area contributed by atoms with Crippen LogP contribution in [0, 0.1) is 19.8 Å². The van der Waals surface area contributed by atoms with Crippen LogP contribution in [-0.4, -0.2) is 29.2 Å². The number of amides is 2. The molecule has 0 bridgehead atoms. The molecule has 1 aromatic heterocycles. The third-order valence-electron chi connectivity index (χ3n) is 4.76. The van der Waals surface area contributed by atoms with Crippen LogP contribution in [0.1, 0.15) is 30.2 Å². The minimum Gasteiger partial charge on any atom is -0.359 e. The van der Waals surface area contributed by atoms with E-state index in [2.05, 4.69) is 23.5 Å². The Morgan fingerprint density at radius 3 is 2.73 bits per heavy atom. The zero-order chi connectivity index (χ0) is 18.8. The van der Waals surface area contributed by atoms with Crippen molar-refractivity contribution < 1.29 is 9.32 Å². The standard InChI is InChI=1S/C19H21Cl2N3O2/c1-11-10-24(19(25)22-18-12(2)13(3)26-23-18)7-6-15(11)8-14-4-5-16(20)17(21)9-14/h4-5,8-9,11H,6-7,10H2,1-3H3,(H,22,23,25). The lowest BCUT2D eigenvalue weighted by Crippen LogP contribution is -2.42. The molecular formula is C19H21Cl2N3O2. The first-order valence-corrected chi connectivity index (χ1v) is 9.25. The first kappa shape index (κ1) is 18.8. The van der Waals surface area contributed by atoms with Gasteiger partial charge in [0.2, 0.25) is 0 Å². The molecular weight excluding hydrogens is 373 g/mol. The van der Waals surface area contributed by atoms with Crippen LogP contribution in [0.4, 0.5) is 10.6 Å². The zero-order valence-electron chi connectivity index (χ0n) is 15.0. The van der Waals surface area contributed by atoms with E-state index < -0.39 is 0 Å². The molecule has 1 N–H and O–H groups in total. The number of hydrogen-bond acceptors (Lipinski definition) is 3. The number of likely N-dealkylation sites (tertiary alicyclic amines) is 1. The number of benzene rings is 1. The van der Waals surface area contributed by atoms with Crippen molar-refractivity contribution in [1.82, 2.24) is 10.1 Å². The van der Waals surface area contributed by atoms with Gasteiger partial charge in [-0.25, -0.2) is 4.79 Å². The summed E-state index contributed by atoms with van der Waals surface area (Å²) in [7, 11) is 0. The van der Waals surface area contributed by atoms with Crippen molar-refractivity contribution in [3.05, 3.63) is 50.7 Å². The summed E-state index contributed by atoms with van der Waals surface area (Å²) in [6, 6.07) is 5.45. The zero-order valence-corrected chi connectivity index (χ0v) is 16.5. The number of aromatic nitrogens is 1. The normalized spacial score (nSPS) is 19.0. The predicted octanol–water partition coefficient (Wildman–Crippen LogP) is 5.56. The van der Waals surface area contributed by atoms with Gasteiger partial charge in [-0.3, -0.25) is 5.32 Å². The van der Waals surface area contributed by atoms with Crippen LogP contribution in [0.25, 0.3) is 6.08 Å². The van der Waals surface area contributed by atoms with Gasteiger partial charge < -0.3 is 9.42 Å². The molecule has 2 amide bonds. The number of carbonyl (C=O) groups is 1. The quantitative estimate of drug-likeness (QED) is 0.726. The molecule has 1 saturated heterocycles. The molecule has 0 saturated carbocycles. The lowest BCUT2D eigenvalue weighted by atomic mass is 9.91. The molecule has 0 aliphatic carbocycles. The van der Waals surface area contributed by atoms with Gasteiger partial charge in [0.05, 0.1) is 10.0 Å². The minimum atomic E-state index is -0.151. The van der Waals surface area contributed by atoms with E-state index in [0.717, 1.165) is 17.5 Å². The van der Waals surface area contributed by atoms with Crippen LogP contribution in [0.2, 0.25) is 10.0 Å². The van der Waals surface area contributed by atoms with E-state index in [1.54, 1.807) is 11.0 Å². The van der Waals surface area contributed by atoms with E-state index in [-0.39, 0.29) is 11.9 Å². The molecule has 26 heavy (non-hydrogen) atoms. The van der Waals surface area contributed by atoms with Gasteiger partial charge in [0, 0.05) is 18.7 Å². The van der Waals surface area contributed by atoms with Crippen LogP contribution in [0.3, 0.4) is 0 Å². The summed E-state index contributed by atoms with van der Waals surface area (Å²) in [5.41, 5.74) is 3.16. The Labute approximate surface area is 162 Å². The summed E-state index contributed by atoms with van der Waals surface area (Å²) in [5.74, 6) is 1.44. The lowest BCUT2D eigenvalue weighted by Gasteiger charge is -2.33. The van der Waals surface area contributed by atoms with Gasteiger partial charge in [0.25, 0.3) is 0 Å². The van der Waals surface area contributed by atoms with Crippen LogP contribution in [-0.2, 0) is 0 Å². The first-order chi connectivity index (χ1) is 12.3. The summed E-state index contributed by atoms with van der Waals surface area (Å²) in [6.07, 6.45) is 2.94. The third-order valence-corrected chi connectivity index (χ3v) is 5.50. The van der Waals surface area contributed by atoms with E-state index in [0.29, 0.717) is 34.7 Å². The minimum absolute atomic E-state index is 0.151. The maximum Gasteiger partial charge on any atom is 0.323 e.